The van der Waals surface area contributed by atoms with Gasteiger partial charge in [0.2, 0.25) is 0 Å². The average molecular weight is 466 g/mol. The molecule has 3 aromatic rings. The zero-order valence-corrected chi connectivity index (χ0v) is 22.5. The molecule has 0 N–H and O–H groups in total. The van der Waals surface area contributed by atoms with Gasteiger partial charge in [-0.15, -0.1) is 0 Å². The van der Waals surface area contributed by atoms with Gasteiger partial charge >= 0.3 is 0 Å². The number of hydrogen-bond acceptors (Lipinski definition) is 3. The second-order valence-corrected chi connectivity index (χ2v) is 16.0. The van der Waals surface area contributed by atoms with Gasteiger partial charge in [-0.3, -0.25) is 0 Å². The maximum atomic E-state index is 5.06. The lowest BCUT2D eigenvalue weighted by Crippen LogP contribution is -2.18. The van der Waals surface area contributed by atoms with Gasteiger partial charge in [0, 0.05) is 0 Å². The standard InChI is InChI=1S/C27H37N3P2/c1-18(2)31(19(3)4)26-16-10-14-24(29-26)22-12-9-13-23(28-22)25-15-11-17-27(30-25)32(20(5)6)21(7)8/h9-21H,1-8H3. The Hall–Kier alpha value is -1.69. The van der Waals surface area contributed by atoms with Crippen molar-refractivity contribution in [3.8, 4) is 22.8 Å². The molecular weight excluding hydrogens is 428 g/mol. The monoisotopic (exact) mass is 465 g/mol. The van der Waals surface area contributed by atoms with Gasteiger partial charge in [-0.2, -0.15) is 0 Å². The molecule has 0 aliphatic carbocycles. The first-order chi connectivity index (χ1) is 15.2. The van der Waals surface area contributed by atoms with Gasteiger partial charge in [-0.25, -0.2) is 15.0 Å². The summed E-state index contributed by atoms with van der Waals surface area (Å²) in [6, 6.07) is 19.0. The predicted molar refractivity (Wildman–Crippen MR) is 144 cm³/mol. The third-order valence-corrected chi connectivity index (χ3v) is 11.5. The molecule has 0 bridgehead atoms. The topological polar surface area (TPSA) is 38.7 Å². The Morgan fingerprint density at radius 1 is 0.438 bits per heavy atom. The normalized spacial score (nSPS) is 12.2. The van der Waals surface area contributed by atoms with Crippen LogP contribution in [0.4, 0.5) is 0 Å². The summed E-state index contributed by atoms with van der Waals surface area (Å²) in [5, 5.41) is 0. The van der Waals surface area contributed by atoms with Crippen LogP contribution < -0.4 is 10.9 Å². The Morgan fingerprint density at radius 3 is 1.03 bits per heavy atom. The zero-order chi connectivity index (χ0) is 23.4. The van der Waals surface area contributed by atoms with E-state index >= 15 is 0 Å². The molecular formula is C27H37N3P2. The van der Waals surface area contributed by atoms with Gasteiger partial charge in [0.05, 0.1) is 33.6 Å². The highest BCUT2D eigenvalue weighted by atomic mass is 31.1. The Labute approximate surface area is 197 Å². The zero-order valence-electron chi connectivity index (χ0n) is 20.7. The quantitative estimate of drug-likeness (QED) is 0.335. The minimum atomic E-state index is -0.305. The third-order valence-electron chi connectivity index (χ3n) is 5.50. The number of pyridine rings is 3. The third kappa shape index (κ3) is 5.81. The summed E-state index contributed by atoms with van der Waals surface area (Å²) >= 11 is 0. The Balaban J connectivity index is 1.98. The van der Waals surface area contributed by atoms with Crippen molar-refractivity contribution in [1.29, 1.82) is 0 Å². The lowest BCUT2D eigenvalue weighted by molar-refractivity contribution is 1.02. The molecule has 0 radical (unpaired) electrons. The number of rotatable bonds is 8. The Kier molecular flexibility index (Phi) is 8.54. The summed E-state index contributed by atoms with van der Waals surface area (Å²) in [6.45, 7) is 18.5. The molecule has 0 saturated carbocycles. The van der Waals surface area contributed by atoms with Crippen LogP contribution in [0.25, 0.3) is 22.8 Å². The minimum absolute atomic E-state index is 0.305. The van der Waals surface area contributed by atoms with Gasteiger partial charge in [0.1, 0.15) is 0 Å². The van der Waals surface area contributed by atoms with E-state index in [-0.39, 0.29) is 15.8 Å². The van der Waals surface area contributed by atoms with Gasteiger partial charge in [-0.1, -0.05) is 73.6 Å². The molecule has 0 fully saturated rings. The molecule has 0 spiro atoms. The second-order valence-electron chi connectivity index (χ2n) is 9.36. The van der Waals surface area contributed by atoms with E-state index in [1.54, 1.807) is 0 Å². The van der Waals surface area contributed by atoms with Crippen LogP contribution in [0.15, 0.2) is 54.6 Å². The van der Waals surface area contributed by atoms with E-state index in [0.717, 1.165) is 22.8 Å². The molecule has 170 valence electrons. The van der Waals surface area contributed by atoms with E-state index < -0.39 is 0 Å². The highest BCUT2D eigenvalue weighted by molar-refractivity contribution is 7.67. The van der Waals surface area contributed by atoms with Crippen molar-refractivity contribution < 1.29 is 0 Å². The van der Waals surface area contributed by atoms with E-state index in [1.807, 2.05) is 0 Å². The molecule has 3 nitrogen and oxygen atoms in total. The van der Waals surface area contributed by atoms with Crippen LogP contribution in [-0.2, 0) is 0 Å². The van der Waals surface area contributed by atoms with Crippen molar-refractivity contribution in [2.24, 2.45) is 0 Å². The van der Waals surface area contributed by atoms with Crippen molar-refractivity contribution in [2.45, 2.75) is 78.0 Å². The highest BCUT2D eigenvalue weighted by Crippen LogP contribution is 2.45. The fourth-order valence-electron chi connectivity index (χ4n) is 4.39. The van der Waals surface area contributed by atoms with Crippen molar-refractivity contribution in [3.63, 3.8) is 0 Å². The first-order valence-electron chi connectivity index (χ1n) is 11.7. The summed E-state index contributed by atoms with van der Waals surface area (Å²) in [6.07, 6.45) is 0. The Morgan fingerprint density at radius 2 is 0.719 bits per heavy atom. The molecule has 0 amide bonds. The summed E-state index contributed by atoms with van der Waals surface area (Å²) in [5.74, 6) is 0. The fraction of sp³-hybridized carbons (Fsp3) is 0.444. The first-order valence-corrected chi connectivity index (χ1v) is 14.6. The molecule has 3 heterocycles. The van der Waals surface area contributed by atoms with Gasteiger partial charge in [-0.05, 0) is 74.9 Å². The van der Waals surface area contributed by atoms with E-state index in [0.29, 0.717) is 22.6 Å². The van der Waals surface area contributed by atoms with Crippen molar-refractivity contribution in [1.82, 2.24) is 15.0 Å². The fourth-order valence-corrected chi connectivity index (χ4v) is 9.85. The largest absolute Gasteiger partial charge is 0.246 e. The molecule has 0 unspecified atom stereocenters. The lowest BCUT2D eigenvalue weighted by Gasteiger charge is -2.25. The Bertz CT molecular complexity index is 936. The summed E-state index contributed by atoms with van der Waals surface area (Å²) < 4.78 is 0. The van der Waals surface area contributed by atoms with Gasteiger partial charge in [0.15, 0.2) is 0 Å². The van der Waals surface area contributed by atoms with Crippen LogP contribution >= 0.6 is 15.8 Å². The molecule has 0 saturated heterocycles. The molecule has 32 heavy (non-hydrogen) atoms. The summed E-state index contributed by atoms with van der Waals surface area (Å²) in [4.78, 5) is 15.1. The van der Waals surface area contributed by atoms with E-state index in [2.05, 4.69) is 110 Å². The van der Waals surface area contributed by atoms with Crippen LogP contribution in [0.1, 0.15) is 55.4 Å². The molecule has 5 heteroatoms. The SMILES string of the molecule is CC(C)P(c1cccc(-c2cccc(-c3cccc(P(C(C)C)C(C)C)n3)n2)n1)C(C)C. The molecule has 3 rings (SSSR count). The van der Waals surface area contributed by atoms with Crippen LogP contribution in [0.5, 0.6) is 0 Å². The van der Waals surface area contributed by atoms with Crippen molar-refractivity contribution in [3.05, 3.63) is 54.6 Å². The summed E-state index contributed by atoms with van der Waals surface area (Å²) in [5.41, 5.74) is 8.58. The van der Waals surface area contributed by atoms with Gasteiger partial charge in [0.25, 0.3) is 0 Å². The predicted octanol–water partition coefficient (Wildman–Crippen LogP) is 7.05. The smallest absolute Gasteiger partial charge is 0.0894 e. The second kappa shape index (κ2) is 11.0. The molecule has 0 atom stereocenters. The van der Waals surface area contributed by atoms with Crippen LogP contribution in [0.3, 0.4) is 0 Å². The first kappa shape index (κ1) is 24.9. The number of aromatic nitrogens is 3. The van der Waals surface area contributed by atoms with Gasteiger partial charge < -0.3 is 0 Å². The summed E-state index contributed by atoms with van der Waals surface area (Å²) in [7, 11) is -0.610. The van der Waals surface area contributed by atoms with E-state index in [9.17, 15) is 0 Å². The molecule has 0 aromatic carbocycles. The highest BCUT2D eigenvalue weighted by Gasteiger charge is 2.22. The van der Waals surface area contributed by atoms with Crippen molar-refractivity contribution in [2.75, 3.05) is 0 Å². The minimum Gasteiger partial charge on any atom is -0.246 e. The maximum Gasteiger partial charge on any atom is 0.0894 e. The number of hydrogen-bond donors (Lipinski definition) is 0. The molecule has 0 aliphatic rings. The van der Waals surface area contributed by atoms with Crippen LogP contribution in [-0.4, -0.2) is 37.6 Å². The molecule has 0 aliphatic heterocycles. The van der Waals surface area contributed by atoms with E-state index in [1.165, 1.54) is 10.9 Å². The number of nitrogens with zero attached hydrogens (tertiary/aromatic N) is 3. The van der Waals surface area contributed by atoms with Crippen molar-refractivity contribution >= 4 is 26.7 Å². The molecule has 3 aromatic heterocycles. The van der Waals surface area contributed by atoms with Crippen LogP contribution in [0, 0.1) is 0 Å². The van der Waals surface area contributed by atoms with Crippen LogP contribution in [0.2, 0.25) is 0 Å². The maximum absolute atomic E-state index is 5.06. The average Bonchev–Trinajstić information content (AvgIpc) is 2.73. The lowest BCUT2D eigenvalue weighted by atomic mass is 10.2. The van der Waals surface area contributed by atoms with E-state index in [4.69, 9.17) is 15.0 Å².